The molecule has 47 heavy (non-hydrogen) atoms. The van der Waals surface area contributed by atoms with Crippen LogP contribution in [0.3, 0.4) is 0 Å². The first-order valence-corrected chi connectivity index (χ1v) is 11.1. The van der Waals surface area contributed by atoms with Gasteiger partial charge in [-0.25, -0.2) is 0 Å². The predicted octanol–water partition coefficient (Wildman–Crippen LogP) is 8.71. The Morgan fingerprint density at radius 1 is 0.362 bits per heavy atom. The molecule has 0 aliphatic carbocycles. The van der Waals surface area contributed by atoms with Gasteiger partial charge in [0, 0.05) is 11.1 Å². The first kappa shape index (κ1) is 43.9. The van der Waals surface area contributed by atoms with E-state index in [1.165, 1.54) is 19.1 Å². The van der Waals surface area contributed by atoms with Crippen LogP contribution in [0.4, 0.5) is 92.2 Å². The molecule has 24 heteroatoms. The molecule has 0 atom stereocenters. The first-order chi connectivity index (χ1) is 20.4. The van der Waals surface area contributed by atoms with Gasteiger partial charge in [-0.05, 0) is 6.92 Å². The van der Waals surface area contributed by atoms with Gasteiger partial charge < -0.3 is 15.3 Å². The van der Waals surface area contributed by atoms with Crippen LogP contribution in [-0.2, 0) is 11.2 Å². The number of aliphatic hydroxyl groups is 3. The molecule has 0 spiro atoms. The molecule has 0 amide bonds. The lowest BCUT2D eigenvalue weighted by atomic mass is 9.91. The average molecular weight is 738 g/mol. The van der Waals surface area contributed by atoms with Crippen LogP contribution in [0.2, 0.25) is 0 Å². The van der Waals surface area contributed by atoms with E-state index in [0.717, 1.165) is 18.2 Å². The number of benzene rings is 2. The van der Waals surface area contributed by atoms with Gasteiger partial charge in [-0.2, -0.15) is 92.2 Å². The molecule has 0 fully saturated rings. The molecule has 0 aliphatic rings. The quantitative estimate of drug-likeness (QED) is 0.271. The maximum Gasteiger partial charge on any atom is 0.435 e. The Labute approximate surface area is 246 Å². The lowest BCUT2D eigenvalue weighted by Gasteiger charge is -2.33. The second kappa shape index (κ2) is 13.4. The monoisotopic (exact) mass is 738 g/mol. The molecule has 2 aromatic carbocycles. The summed E-state index contributed by atoms with van der Waals surface area (Å²) >= 11 is 0. The van der Waals surface area contributed by atoms with Gasteiger partial charge >= 0.3 is 48.8 Å². The highest BCUT2D eigenvalue weighted by Crippen LogP contribution is 2.53. The normalized spacial score (nSPS) is 14.5. The Hall–Kier alpha value is -3.15. The number of hydrogen-bond donors (Lipinski definition) is 3. The van der Waals surface area contributed by atoms with E-state index < -0.39 is 71.2 Å². The van der Waals surface area contributed by atoms with Gasteiger partial charge in [0.2, 0.25) is 0 Å². The van der Waals surface area contributed by atoms with E-state index in [2.05, 4.69) is 0 Å². The minimum Gasteiger partial charge on any atom is -0.369 e. The van der Waals surface area contributed by atoms with Crippen LogP contribution in [0.15, 0.2) is 54.6 Å². The molecular formula is C23H15F21O3. The largest absolute Gasteiger partial charge is 0.435 e. The van der Waals surface area contributed by atoms with Crippen molar-refractivity contribution >= 4 is 0 Å². The summed E-state index contributed by atoms with van der Waals surface area (Å²) in [6.07, 6.45) is -43.9. The van der Waals surface area contributed by atoms with E-state index >= 15 is 0 Å². The number of rotatable bonds is 2. The molecule has 0 aromatic heterocycles. The summed E-state index contributed by atoms with van der Waals surface area (Å²) in [5.41, 5.74) is -18.7. The van der Waals surface area contributed by atoms with Crippen molar-refractivity contribution in [3.8, 4) is 0 Å². The molecule has 2 rings (SSSR count). The van der Waals surface area contributed by atoms with E-state index in [-0.39, 0.29) is 5.56 Å². The van der Waals surface area contributed by atoms with Gasteiger partial charge in [0.25, 0.3) is 11.2 Å². The van der Waals surface area contributed by atoms with Crippen molar-refractivity contribution in [2.24, 2.45) is 0 Å². The molecule has 0 heterocycles. The fourth-order valence-electron chi connectivity index (χ4n) is 3.01. The van der Waals surface area contributed by atoms with E-state index in [1.807, 2.05) is 0 Å². The minimum absolute atomic E-state index is 0.189. The Morgan fingerprint density at radius 3 is 0.872 bits per heavy atom. The number of alkyl halides is 21. The summed E-state index contributed by atoms with van der Waals surface area (Å²) in [4.78, 5) is 0. The minimum atomic E-state index is -6.87. The molecular weight excluding hydrogens is 723 g/mol. The highest BCUT2D eigenvalue weighted by atomic mass is 19.4. The second-order valence-electron chi connectivity index (χ2n) is 8.85. The topological polar surface area (TPSA) is 60.7 Å². The maximum atomic E-state index is 12.4. The maximum absolute atomic E-state index is 12.4. The van der Waals surface area contributed by atoms with Crippen molar-refractivity contribution in [2.75, 3.05) is 0 Å². The molecule has 3 nitrogen and oxygen atoms in total. The fourth-order valence-corrected chi connectivity index (χ4v) is 3.01. The number of aryl methyl sites for hydroxylation is 1. The van der Waals surface area contributed by atoms with Crippen molar-refractivity contribution in [1.29, 1.82) is 0 Å². The summed E-state index contributed by atoms with van der Waals surface area (Å²) in [6, 6.07) is 7.95. The molecule has 272 valence electrons. The van der Waals surface area contributed by atoms with Crippen LogP contribution < -0.4 is 0 Å². The summed E-state index contributed by atoms with van der Waals surface area (Å²) in [5.74, 6) is 0. The summed E-state index contributed by atoms with van der Waals surface area (Å²) < 4.78 is 251. The molecule has 3 N–H and O–H groups in total. The number of hydrogen-bond acceptors (Lipinski definition) is 3. The Balaban J connectivity index is 0.000000679. The summed E-state index contributed by atoms with van der Waals surface area (Å²) in [7, 11) is 0. The van der Waals surface area contributed by atoms with Crippen molar-refractivity contribution in [3.63, 3.8) is 0 Å². The van der Waals surface area contributed by atoms with Crippen LogP contribution >= 0.6 is 0 Å². The predicted molar refractivity (Wildman–Crippen MR) is 113 cm³/mol. The first-order valence-electron chi connectivity index (χ1n) is 11.1. The molecule has 2 aromatic rings. The van der Waals surface area contributed by atoms with Gasteiger partial charge in [-0.15, -0.1) is 0 Å². The van der Waals surface area contributed by atoms with Gasteiger partial charge in [0.1, 0.15) is 0 Å². The molecule has 0 saturated carbocycles. The third-order valence-electron chi connectivity index (χ3n) is 5.50. The van der Waals surface area contributed by atoms with E-state index in [0.29, 0.717) is 24.3 Å². The Kier molecular flexibility index (Phi) is 12.5. The van der Waals surface area contributed by atoms with Crippen LogP contribution in [0, 0.1) is 6.92 Å². The SMILES string of the molecule is Cc1cccc(C(O)(C(F)(F)F)C(F)(F)F)c1.OC(C(F)(F)F)(C(F)(F)F)C(F)(F)F.OC(c1ccccc1)(C(F)(F)F)C(F)(F)F. The van der Waals surface area contributed by atoms with Crippen LogP contribution in [0.5, 0.6) is 0 Å². The molecule has 0 aliphatic heterocycles. The highest BCUT2D eigenvalue weighted by molar-refractivity contribution is 5.30. The zero-order chi connectivity index (χ0) is 38.1. The zero-order valence-electron chi connectivity index (χ0n) is 22.0. The third kappa shape index (κ3) is 8.86. The average Bonchev–Trinajstić information content (AvgIpc) is 2.83. The van der Waals surface area contributed by atoms with Gasteiger partial charge in [0.05, 0.1) is 0 Å². The smallest absolute Gasteiger partial charge is 0.369 e. The van der Waals surface area contributed by atoms with Crippen molar-refractivity contribution < 1.29 is 108 Å². The second-order valence-corrected chi connectivity index (χ2v) is 8.85. The van der Waals surface area contributed by atoms with E-state index in [9.17, 15) is 92.2 Å². The third-order valence-corrected chi connectivity index (χ3v) is 5.50. The molecule has 0 saturated heterocycles. The Bertz CT molecular complexity index is 1220. The molecule has 0 bridgehead atoms. The summed E-state index contributed by atoms with van der Waals surface area (Å²) in [5, 5.41) is 25.6. The van der Waals surface area contributed by atoms with E-state index in [4.69, 9.17) is 15.3 Å². The summed E-state index contributed by atoms with van der Waals surface area (Å²) in [6.45, 7) is 1.33. The molecule has 0 unspecified atom stereocenters. The Morgan fingerprint density at radius 2 is 0.638 bits per heavy atom. The zero-order valence-corrected chi connectivity index (χ0v) is 22.0. The lowest BCUT2D eigenvalue weighted by Crippen LogP contribution is -2.66. The van der Waals surface area contributed by atoms with Crippen molar-refractivity contribution in [2.45, 2.75) is 67.0 Å². The van der Waals surface area contributed by atoms with Gasteiger partial charge in [0.15, 0.2) is 0 Å². The van der Waals surface area contributed by atoms with Gasteiger partial charge in [-0.3, -0.25) is 0 Å². The fraction of sp³-hybridized carbons (Fsp3) is 0.478. The van der Waals surface area contributed by atoms with Crippen LogP contribution in [-0.4, -0.2) is 64.2 Å². The standard InChI is InChI=1S/C10H8F6O.C9H6F6O.C4HF9O/c1-6-3-2-4-7(5-6)8(17,9(11,12)13)10(14,15)16;10-8(11,12)7(16,9(13,14)15)6-4-2-1-3-5-6;5-2(6,7)1(14,3(8,9)10)4(11,12)13/h2-5,17H,1H3;1-5,16H;14H. The van der Waals surface area contributed by atoms with Gasteiger partial charge in [-0.1, -0.05) is 60.2 Å². The number of halogens is 21. The van der Waals surface area contributed by atoms with Crippen molar-refractivity contribution in [3.05, 3.63) is 71.3 Å². The molecule has 0 radical (unpaired) electrons. The van der Waals surface area contributed by atoms with Crippen LogP contribution in [0.25, 0.3) is 0 Å². The van der Waals surface area contributed by atoms with E-state index in [1.54, 1.807) is 0 Å². The van der Waals surface area contributed by atoms with Crippen molar-refractivity contribution in [1.82, 2.24) is 0 Å². The van der Waals surface area contributed by atoms with Crippen LogP contribution in [0.1, 0.15) is 16.7 Å². The highest BCUT2D eigenvalue weighted by Gasteiger charge is 2.83. The lowest BCUT2D eigenvalue weighted by molar-refractivity contribution is -0.447.